The van der Waals surface area contributed by atoms with Crippen LogP contribution in [-0.4, -0.2) is 52.7 Å². The van der Waals surface area contributed by atoms with Gasteiger partial charge in [0.1, 0.15) is 0 Å². The molecule has 0 aliphatic carbocycles. The van der Waals surface area contributed by atoms with Gasteiger partial charge >= 0.3 is 6.03 Å². The molecule has 9 heteroatoms. The van der Waals surface area contributed by atoms with Gasteiger partial charge in [-0.3, -0.25) is 4.79 Å². The summed E-state index contributed by atoms with van der Waals surface area (Å²) >= 11 is 16.3. The summed E-state index contributed by atoms with van der Waals surface area (Å²) in [5.41, 5.74) is 7.61. The minimum absolute atomic E-state index is 0.102. The SMILES string of the molecule is NC(CS)C(=O)N[C@H]1CCN(C(=O)N(Cc2cccc(Cl)c2)Cc2cccc(Cl)c2)C1. The molecule has 2 aromatic carbocycles. The van der Waals surface area contributed by atoms with Crippen LogP contribution in [0.15, 0.2) is 48.5 Å². The predicted molar refractivity (Wildman–Crippen MR) is 127 cm³/mol. The molecule has 1 heterocycles. The van der Waals surface area contributed by atoms with Crippen LogP contribution < -0.4 is 11.1 Å². The van der Waals surface area contributed by atoms with Crippen molar-refractivity contribution in [2.45, 2.75) is 31.6 Å². The van der Waals surface area contributed by atoms with Crippen molar-refractivity contribution in [3.05, 3.63) is 69.7 Å². The lowest BCUT2D eigenvalue weighted by Crippen LogP contribution is -2.48. The molecule has 0 aromatic heterocycles. The third-order valence-corrected chi connectivity index (χ3v) is 6.00. The molecular formula is C22H26Cl2N4O2S. The Morgan fingerprint density at radius 1 is 1.13 bits per heavy atom. The fraction of sp³-hybridized carbons (Fsp3) is 0.364. The van der Waals surface area contributed by atoms with Crippen LogP contribution in [0.2, 0.25) is 10.0 Å². The summed E-state index contributed by atoms with van der Waals surface area (Å²) in [6.45, 7) is 1.81. The third kappa shape index (κ3) is 6.77. The van der Waals surface area contributed by atoms with E-state index in [4.69, 9.17) is 28.9 Å². The first-order valence-corrected chi connectivity index (χ1v) is 11.4. The highest BCUT2D eigenvalue weighted by Gasteiger charge is 2.31. The average molecular weight is 481 g/mol. The van der Waals surface area contributed by atoms with E-state index in [9.17, 15) is 9.59 Å². The number of halogens is 2. The summed E-state index contributed by atoms with van der Waals surface area (Å²) < 4.78 is 0. The molecule has 1 unspecified atom stereocenters. The number of benzene rings is 2. The van der Waals surface area contributed by atoms with Crippen LogP contribution in [0.5, 0.6) is 0 Å². The zero-order valence-corrected chi connectivity index (χ0v) is 19.4. The Morgan fingerprint density at radius 2 is 1.71 bits per heavy atom. The molecular weight excluding hydrogens is 455 g/mol. The first-order chi connectivity index (χ1) is 14.9. The van der Waals surface area contributed by atoms with Crippen LogP contribution in [0.4, 0.5) is 4.79 Å². The molecule has 31 heavy (non-hydrogen) atoms. The molecule has 2 aromatic rings. The van der Waals surface area contributed by atoms with Crippen LogP contribution in [0.1, 0.15) is 17.5 Å². The molecule has 3 amide bonds. The summed E-state index contributed by atoms with van der Waals surface area (Å²) in [5.74, 6) is 0.0258. The molecule has 0 spiro atoms. The summed E-state index contributed by atoms with van der Waals surface area (Å²) in [4.78, 5) is 29.0. The molecule has 1 saturated heterocycles. The molecule has 0 bridgehead atoms. The van der Waals surface area contributed by atoms with E-state index >= 15 is 0 Å². The Kier molecular flexibility index (Phi) is 8.49. The average Bonchev–Trinajstić information content (AvgIpc) is 3.20. The van der Waals surface area contributed by atoms with Crippen molar-refractivity contribution in [1.82, 2.24) is 15.1 Å². The van der Waals surface area contributed by atoms with Gasteiger partial charge in [0, 0.05) is 48.0 Å². The second-order valence-electron chi connectivity index (χ2n) is 7.63. The molecule has 0 radical (unpaired) electrons. The van der Waals surface area contributed by atoms with Gasteiger partial charge in [-0.1, -0.05) is 47.5 Å². The van der Waals surface area contributed by atoms with E-state index in [2.05, 4.69) is 17.9 Å². The number of nitrogens with one attached hydrogen (secondary N) is 1. The van der Waals surface area contributed by atoms with Crippen molar-refractivity contribution in [3.63, 3.8) is 0 Å². The number of urea groups is 1. The van der Waals surface area contributed by atoms with Crippen molar-refractivity contribution in [2.75, 3.05) is 18.8 Å². The number of rotatable bonds is 7. The van der Waals surface area contributed by atoms with Gasteiger partial charge in [0.05, 0.1) is 6.04 Å². The Morgan fingerprint density at radius 3 is 2.23 bits per heavy atom. The smallest absolute Gasteiger partial charge is 0.320 e. The summed E-state index contributed by atoms with van der Waals surface area (Å²) in [7, 11) is 0. The second-order valence-corrected chi connectivity index (χ2v) is 8.87. The van der Waals surface area contributed by atoms with Gasteiger partial charge in [0.15, 0.2) is 0 Å². The molecule has 6 nitrogen and oxygen atoms in total. The number of carbonyl (C=O) groups excluding carboxylic acids is 2. The maximum atomic E-state index is 13.4. The Labute approximate surface area is 198 Å². The van der Waals surface area contributed by atoms with Gasteiger partial charge < -0.3 is 20.9 Å². The van der Waals surface area contributed by atoms with Crippen molar-refractivity contribution >= 4 is 47.8 Å². The molecule has 1 aliphatic rings. The van der Waals surface area contributed by atoms with Crippen molar-refractivity contribution in [3.8, 4) is 0 Å². The quantitative estimate of drug-likeness (QED) is 0.530. The fourth-order valence-electron chi connectivity index (χ4n) is 3.55. The topological polar surface area (TPSA) is 78.7 Å². The van der Waals surface area contributed by atoms with Gasteiger partial charge in [-0.15, -0.1) is 0 Å². The Bertz CT molecular complexity index is 882. The zero-order valence-electron chi connectivity index (χ0n) is 17.0. The van der Waals surface area contributed by atoms with E-state index in [1.807, 2.05) is 36.4 Å². The highest BCUT2D eigenvalue weighted by Crippen LogP contribution is 2.20. The van der Waals surface area contributed by atoms with E-state index in [0.29, 0.717) is 42.6 Å². The minimum Gasteiger partial charge on any atom is -0.350 e. The van der Waals surface area contributed by atoms with Crippen molar-refractivity contribution in [1.29, 1.82) is 0 Å². The van der Waals surface area contributed by atoms with Crippen LogP contribution >= 0.6 is 35.8 Å². The lowest BCUT2D eigenvalue weighted by Gasteiger charge is -2.29. The largest absolute Gasteiger partial charge is 0.350 e. The van der Waals surface area contributed by atoms with Gasteiger partial charge in [-0.2, -0.15) is 12.6 Å². The van der Waals surface area contributed by atoms with Crippen molar-refractivity contribution in [2.24, 2.45) is 5.73 Å². The zero-order chi connectivity index (χ0) is 22.4. The van der Waals surface area contributed by atoms with Crippen LogP contribution in [0, 0.1) is 0 Å². The number of hydrogen-bond donors (Lipinski definition) is 3. The highest BCUT2D eigenvalue weighted by atomic mass is 35.5. The maximum Gasteiger partial charge on any atom is 0.320 e. The van der Waals surface area contributed by atoms with Gasteiger partial charge in [-0.25, -0.2) is 4.79 Å². The van der Waals surface area contributed by atoms with E-state index in [0.717, 1.165) is 11.1 Å². The number of likely N-dealkylation sites (tertiary alicyclic amines) is 1. The van der Waals surface area contributed by atoms with E-state index in [1.54, 1.807) is 21.9 Å². The van der Waals surface area contributed by atoms with Gasteiger partial charge in [0.25, 0.3) is 0 Å². The van der Waals surface area contributed by atoms with Crippen LogP contribution in [-0.2, 0) is 17.9 Å². The molecule has 3 rings (SSSR count). The number of carbonyl (C=O) groups is 2. The van der Waals surface area contributed by atoms with Crippen LogP contribution in [0.25, 0.3) is 0 Å². The number of nitrogens with two attached hydrogens (primary N) is 1. The van der Waals surface area contributed by atoms with E-state index in [1.165, 1.54) is 0 Å². The monoisotopic (exact) mass is 480 g/mol. The number of thiol groups is 1. The summed E-state index contributed by atoms with van der Waals surface area (Å²) in [5, 5.41) is 4.15. The minimum atomic E-state index is -0.657. The third-order valence-electron chi connectivity index (χ3n) is 5.13. The summed E-state index contributed by atoms with van der Waals surface area (Å²) in [6.07, 6.45) is 0.680. The molecule has 2 atom stereocenters. The van der Waals surface area contributed by atoms with Gasteiger partial charge in [0.2, 0.25) is 5.91 Å². The van der Waals surface area contributed by atoms with Crippen molar-refractivity contribution < 1.29 is 9.59 Å². The van der Waals surface area contributed by atoms with Crippen LogP contribution in [0.3, 0.4) is 0 Å². The first kappa shape index (κ1) is 23.7. The molecule has 1 fully saturated rings. The predicted octanol–water partition coefficient (Wildman–Crippen LogP) is 3.56. The lowest BCUT2D eigenvalue weighted by atomic mass is 10.1. The highest BCUT2D eigenvalue weighted by molar-refractivity contribution is 7.80. The molecule has 3 N–H and O–H groups in total. The normalized spacial score (nSPS) is 16.8. The Hall–Kier alpha value is -1.93. The number of nitrogens with zero attached hydrogens (tertiary/aromatic N) is 2. The molecule has 166 valence electrons. The number of amides is 3. The maximum absolute atomic E-state index is 13.4. The van der Waals surface area contributed by atoms with Gasteiger partial charge in [-0.05, 0) is 41.8 Å². The lowest BCUT2D eigenvalue weighted by molar-refractivity contribution is -0.122. The fourth-order valence-corrected chi connectivity index (χ4v) is 4.14. The standard InChI is InChI=1S/C22H26Cl2N4O2S/c23-17-5-1-3-15(9-17)11-28(12-16-4-2-6-18(24)10-16)22(30)27-8-7-19(13-27)26-21(29)20(25)14-31/h1-6,9-10,19-20,31H,7-8,11-14,25H2,(H,26,29)/t19-,20?/m0/s1. The second kappa shape index (κ2) is 11.1. The van der Waals surface area contributed by atoms with E-state index in [-0.39, 0.29) is 23.7 Å². The number of hydrogen-bond acceptors (Lipinski definition) is 4. The molecule has 0 saturated carbocycles. The molecule has 1 aliphatic heterocycles. The van der Waals surface area contributed by atoms with E-state index < -0.39 is 6.04 Å². The Balaban J connectivity index is 1.72. The summed E-state index contributed by atoms with van der Waals surface area (Å²) in [6, 6.07) is 14.0. The first-order valence-electron chi connectivity index (χ1n) is 10.0.